The highest BCUT2D eigenvalue weighted by atomic mass is 35.5. The molecule has 1 aromatic heterocycles. The lowest BCUT2D eigenvalue weighted by Gasteiger charge is -2.24. The van der Waals surface area contributed by atoms with E-state index in [9.17, 15) is 0 Å². The van der Waals surface area contributed by atoms with Crippen LogP contribution in [0.3, 0.4) is 0 Å². The number of hydrogen-bond donors (Lipinski definition) is 1. The molecule has 2 aromatic rings. The SMILES string of the molecule is Cc1cc(N2CCCC2)c2cc(N3CCCC3)c(N)cc2n1.Cl. The van der Waals surface area contributed by atoms with Gasteiger partial charge in [-0.15, -0.1) is 12.4 Å². The van der Waals surface area contributed by atoms with Crippen molar-refractivity contribution in [2.75, 3.05) is 41.7 Å². The van der Waals surface area contributed by atoms with Crippen molar-refractivity contribution < 1.29 is 0 Å². The number of nitrogens with two attached hydrogens (primary N) is 1. The number of hydrogen-bond acceptors (Lipinski definition) is 4. The molecule has 4 nitrogen and oxygen atoms in total. The van der Waals surface area contributed by atoms with Gasteiger partial charge in [-0.3, -0.25) is 4.98 Å². The van der Waals surface area contributed by atoms with Gasteiger partial charge in [0.05, 0.1) is 16.9 Å². The van der Waals surface area contributed by atoms with Gasteiger partial charge in [0.25, 0.3) is 0 Å². The van der Waals surface area contributed by atoms with Crippen LogP contribution in [0.2, 0.25) is 0 Å². The van der Waals surface area contributed by atoms with Crippen molar-refractivity contribution in [1.82, 2.24) is 4.98 Å². The van der Waals surface area contributed by atoms with E-state index in [4.69, 9.17) is 10.7 Å². The van der Waals surface area contributed by atoms with Gasteiger partial charge in [0.1, 0.15) is 0 Å². The van der Waals surface area contributed by atoms with E-state index >= 15 is 0 Å². The smallest absolute Gasteiger partial charge is 0.0748 e. The lowest BCUT2D eigenvalue weighted by atomic mass is 10.1. The Morgan fingerprint density at radius 3 is 2.04 bits per heavy atom. The van der Waals surface area contributed by atoms with Gasteiger partial charge in [0.15, 0.2) is 0 Å². The monoisotopic (exact) mass is 332 g/mol. The maximum Gasteiger partial charge on any atom is 0.0748 e. The molecule has 124 valence electrons. The molecule has 2 aliphatic heterocycles. The van der Waals surface area contributed by atoms with Gasteiger partial charge in [-0.05, 0) is 50.8 Å². The van der Waals surface area contributed by atoms with Crippen molar-refractivity contribution >= 4 is 40.4 Å². The molecule has 5 heteroatoms. The molecule has 2 fully saturated rings. The van der Waals surface area contributed by atoms with Crippen LogP contribution in [0.15, 0.2) is 18.2 Å². The molecule has 1 aromatic carbocycles. The minimum absolute atomic E-state index is 0. The molecule has 0 saturated carbocycles. The molecule has 0 bridgehead atoms. The largest absolute Gasteiger partial charge is 0.397 e. The number of aryl methyl sites for hydroxylation is 1. The molecule has 0 radical (unpaired) electrons. The van der Waals surface area contributed by atoms with Crippen molar-refractivity contribution in [1.29, 1.82) is 0 Å². The van der Waals surface area contributed by atoms with Crippen molar-refractivity contribution in [2.45, 2.75) is 32.6 Å². The highest BCUT2D eigenvalue weighted by Gasteiger charge is 2.20. The fourth-order valence-corrected chi connectivity index (χ4v) is 3.84. The number of pyridine rings is 1. The van der Waals surface area contributed by atoms with E-state index in [0.29, 0.717) is 0 Å². The standard InChI is InChI=1S/C18H24N4.ClH/c1-13-10-17(21-6-2-3-7-21)14-11-18(22-8-4-5-9-22)15(19)12-16(14)20-13;/h10-12H,2-9,19H2,1H3;1H. The molecule has 0 amide bonds. The van der Waals surface area contributed by atoms with Gasteiger partial charge in [0.2, 0.25) is 0 Å². The summed E-state index contributed by atoms with van der Waals surface area (Å²) in [7, 11) is 0. The topological polar surface area (TPSA) is 45.4 Å². The van der Waals surface area contributed by atoms with Crippen LogP contribution in [0.5, 0.6) is 0 Å². The molecule has 0 aliphatic carbocycles. The summed E-state index contributed by atoms with van der Waals surface area (Å²) < 4.78 is 0. The molecule has 23 heavy (non-hydrogen) atoms. The fourth-order valence-electron chi connectivity index (χ4n) is 3.84. The Bertz CT molecular complexity index is 704. The van der Waals surface area contributed by atoms with Gasteiger partial charge >= 0.3 is 0 Å². The molecular weight excluding hydrogens is 308 g/mol. The zero-order valence-electron chi connectivity index (χ0n) is 13.7. The molecule has 2 N–H and O–H groups in total. The van der Waals surface area contributed by atoms with Crippen LogP contribution in [-0.2, 0) is 0 Å². The summed E-state index contributed by atoms with van der Waals surface area (Å²) in [6.45, 7) is 6.62. The molecule has 0 spiro atoms. The maximum atomic E-state index is 6.32. The Morgan fingerprint density at radius 2 is 1.43 bits per heavy atom. The Morgan fingerprint density at radius 1 is 0.870 bits per heavy atom. The second kappa shape index (κ2) is 6.44. The second-order valence-corrected chi connectivity index (χ2v) is 6.60. The van der Waals surface area contributed by atoms with Crippen LogP contribution in [-0.4, -0.2) is 31.2 Å². The predicted octanol–water partition coefficient (Wildman–Crippen LogP) is 3.75. The first kappa shape index (κ1) is 16.2. The average molecular weight is 333 g/mol. The van der Waals surface area contributed by atoms with E-state index in [-0.39, 0.29) is 12.4 Å². The van der Waals surface area contributed by atoms with E-state index in [1.54, 1.807) is 0 Å². The zero-order chi connectivity index (χ0) is 15.1. The van der Waals surface area contributed by atoms with Crippen LogP contribution in [0.25, 0.3) is 10.9 Å². The first-order valence-corrected chi connectivity index (χ1v) is 8.43. The molecular formula is C18H25ClN4. The summed E-state index contributed by atoms with van der Waals surface area (Å²) in [5.74, 6) is 0. The van der Waals surface area contributed by atoms with E-state index in [1.807, 2.05) is 0 Å². The average Bonchev–Trinajstić information content (AvgIpc) is 3.19. The minimum atomic E-state index is 0. The number of rotatable bonds is 2. The van der Waals surface area contributed by atoms with Crippen molar-refractivity contribution in [3.05, 3.63) is 23.9 Å². The summed E-state index contributed by atoms with van der Waals surface area (Å²) in [6, 6.07) is 6.57. The molecule has 3 heterocycles. The number of benzene rings is 1. The maximum absolute atomic E-state index is 6.32. The van der Waals surface area contributed by atoms with E-state index in [1.165, 1.54) is 42.4 Å². The summed E-state index contributed by atoms with van der Waals surface area (Å²) >= 11 is 0. The highest BCUT2D eigenvalue weighted by Crippen LogP contribution is 2.36. The normalized spacial score (nSPS) is 17.8. The van der Waals surface area contributed by atoms with Gasteiger partial charge in [0, 0.05) is 42.9 Å². The Labute approximate surface area is 144 Å². The number of nitrogen functional groups attached to an aromatic ring is 1. The Balaban J connectivity index is 0.00000156. The Kier molecular flexibility index (Phi) is 4.53. The van der Waals surface area contributed by atoms with Crippen LogP contribution in [0.4, 0.5) is 17.1 Å². The van der Waals surface area contributed by atoms with Crippen LogP contribution in [0.1, 0.15) is 31.4 Å². The van der Waals surface area contributed by atoms with Crippen molar-refractivity contribution in [3.63, 3.8) is 0 Å². The first-order valence-electron chi connectivity index (χ1n) is 8.43. The van der Waals surface area contributed by atoms with Crippen LogP contribution in [0, 0.1) is 6.92 Å². The quantitative estimate of drug-likeness (QED) is 0.851. The number of halogens is 1. The summed E-state index contributed by atoms with van der Waals surface area (Å²) in [4.78, 5) is 9.63. The van der Waals surface area contributed by atoms with Crippen molar-refractivity contribution in [3.8, 4) is 0 Å². The summed E-state index contributed by atoms with van der Waals surface area (Å²) in [5, 5.41) is 1.25. The lowest BCUT2D eigenvalue weighted by Crippen LogP contribution is -2.20. The summed E-state index contributed by atoms with van der Waals surface area (Å²) in [5.41, 5.74) is 11.8. The van der Waals surface area contributed by atoms with Gasteiger partial charge in [-0.2, -0.15) is 0 Å². The number of anilines is 3. The number of nitrogens with zero attached hydrogens (tertiary/aromatic N) is 3. The fraction of sp³-hybridized carbons (Fsp3) is 0.500. The first-order chi connectivity index (χ1) is 10.7. The second-order valence-electron chi connectivity index (χ2n) is 6.60. The molecule has 2 saturated heterocycles. The third kappa shape index (κ3) is 2.92. The number of aromatic nitrogens is 1. The van der Waals surface area contributed by atoms with E-state index in [0.717, 1.165) is 43.1 Å². The summed E-state index contributed by atoms with van der Waals surface area (Å²) in [6.07, 6.45) is 5.11. The van der Waals surface area contributed by atoms with Crippen molar-refractivity contribution in [2.24, 2.45) is 0 Å². The Hall–Kier alpha value is -1.68. The molecule has 2 aliphatic rings. The van der Waals surface area contributed by atoms with E-state index < -0.39 is 0 Å². The highest BCUT2D eigenvalue weighted by molar-refractivity contribution is 5.98. The zero-order valence-corrected chi connectivity index (χ0v) is 14.5. The molecule has 0 unspecified atom stereocenters. The van der Waals surface area contributed by atoms with Gasteiger partial charge in [-0.1, -0.05) is 0 Å². The predicted molar refractivity (Wildman–Crippen MR) is 101 cm³/mol. The molecule has 4 rings (SSSR count). The van der Waals surface area contributed by atoms with Crippen LogP contribution >= 0.6 is 12.4 Å². The van der Waals surface area contributed by atoms with Crippen LogP contribution < -0.4 is 15.5 Å². The number of fused-ring (bicyclic) bond motifs is 1. The third-order valence-electron chi connectivity index (χ3n) is 4.96. The lowest BCUT2D eigenvalue weighted by molar-refractivity contribution is 0.949. The van der Waals surface area contributed by atoms with E-state index in [2.05, 4.69) is 34.9 Å². The van der Waals surface area contributed by atoms with Gasteiger partial charge < -0.3 is 15.5 Å². The third-order valence-corrected chi connectivity index (χ3v) is 4.96. The minimum Gasteiger partial charge on any atom is -0.397 e. The molecule has 0 atom stereocenters. The van der Waals surface area contributed by atoms with Gasteiger partial charge in [-0.25, -0.2) is 0 Å².